The summed E-state index contributed by atoms with van der Waals surface area (Å²) >= 11 is 0. The van der Waals surface area contributed by atoms with E-state index < -0.39 is 0 Å². The number of methoxy groups -OCH3 is 1. The second-order valence-corrected chi connectivity index (χ2v) is 5.63. The second kappa shape index (κ2) is 6.21. The molecular weight excluding hydrogens is 226 g/mol. The molecule has 0 aliphatic carbocycles. The van der Waals surface area contributed by atoms with E-state index in [2.05, 4.69) is 31.1 Å². The van der Waals surface area contributed by atoms with Crippen LogP contribution in [0.2, 0.25) is 0 Å². The molecule has 0 atom stereocenters. The molecule has 0 heterocycles. The maximum absolute atomic E-state index is 9.51. The van der Waals surface area contributed by atoms with Crippen molar-refractivity contribution in [2.24, 2.45) is 0 Å². The molecule has 0 radical (unpaired) electrons. The predicted molar refractivity (Wildman–Crippen MR) is 75.4 cm³/mol. The fourth-order valence-electron chi connectivity index (χ4n) is 1.88. The summed E-state index contributed by atoms with van der Waals surface area (Å²) in [6, 6.07) is 6.25. The minimum absolute atomic E-state index is 0.112. The largest absolute Gasteiger partial charge is 0.496 e. The van der Waals surface area contributed by atoms with Crippen molar-refractivity contribution in [1.82, 2.24) is 4.90 Å². The lowest BCUT2D eigenvalue weighted by Crippen LogP contribution is -2.23. The molecule has 0 aromatic heterocycles. The van der Waals surface area contributed by atoms with Crippen LogP contribution in [0.3, 0.4) is 0 Å². The van der Waals surface area contributed by atoms with Gasteiger partial charge < -0.3 is 14.7 Å². The van der Waals surface area contributed by atoms with E-state index >= 15 is 0 Å². The van der Waals surface area contributed by atoms with Crippen LogP contribution in [0.5, 0.6) is 5.75 Å². The second-order valence-electron chi connectivity index (χ2n) is 5.63. The third-order valence-corrected chi connectivity index (χ3v) is 3.24. The van der Waals surface area contributed by atoms with Crippen molar-refractivity contribution in [2.45, 2.75) is 25.7 Å². The highest BCUT2D eigenvalue weighted by Gasteiger charge is 2.23. The molecule has 0 unspecified atom stereocenters. The van der Waals surface area contributed by atoms with Crippen LogP contribution in [0.4, 0.5) is 0 Å². The Morgan fingerprint density at radius 2 is 1.94 bits per heavy atom. The molecule has 1 aromatic rings. The number of rotatable bonds is 6. The van der Waals surface area contributed by atoms with Gasteiger partial charge in [-0.15, -0.1) is 0 Å². The number of hydrogen-bond donors (Lipinski definition) is 1. The number of nitrogens with zero attached hydrogens (tertiary/aromatic N) is 1. The Hall–Kier alpha value is -1.06. The van der Waals surface area contributed by atoms with Gasteiger partial charge in [0.1, 0.15) is 5.75 Å². The van der Waals surface area contributed by atoms with Crippen molar-refractivity contribution in [3.63, 3.8) is 0 Å². The van der Waals surface area contributed by atoms with E-state index in [4.69, 9.17) is 4.74 Å². The van der Waals surface area contributed by atoms with Crippen molar-refractivity contribution in [3.05, 3.63) is 29.3 Å². The highest BCUT2D eigenvalue weighted by Crippen LogP contribution is 2.32. The summed E-state index contributed by atoms with van der Waals surface area (Å²) in [7, 11) is 5.82. The van der Waals surface area contributed by atoms with E-state index in [0.717, 1.165) is 24.3 Å². The van der Waals surface area contributed by atoms with Crippen LogP contribution in [0.1, 0.15) is 25.0 Å². The van der Waals surface area contributed by atoms with Crippen molar-refractivity contribution >= 4 is 0 Å². The normalized spacial score (nSPS) is 11.9. The highest BCUT2D eigenvalue weighted by molar-refractivity contribution is 5.42. The molecular formula is C15H25NO2. The summed E-state index contributed by atoms with van der Waals surface area (Å²) in [6.07, 6.45) is 1.01. The van der Waals surface area contributed by atoms with Crippen LogP contribution in [0.25, 0.3) is 0 Å². The van der Waals surface area contributed by atoms with Gasteiger partial charge in [0, 0.05) is 17.5 Å². The molecule has 0 amide bonds. The minimum Gasteiger partial charge on any atom is -0.496 e. The summed E-state index contributed by atoms with van der Waals surface area (Å²) in [5, 5.41) is 9.51. The standard InChI is InChI=1S/C15H25NO2/c1-15(2,11-17)13-10-12(8-9-16(3)4)6-7-14(13)18-5/h6-7,10,17H,8-9,11H2,1-5H3. The molecule has 1 N–H and O–H groups in total. The molecule has 0 spiro atoms. The van der Waals surface area contributed by atoms with Crippen LogP contribution in [-0.4, -0.2) is 44.4 Å². The van der Waals surface area contributed by atoms with Gasteiger partial charge >= 0.3 is 0 Å². The molecule has 1 rings (SSSR count). The van der Waals surface area contributed by atoms with Gasteiger partial charge in [0.25, 0.3) is 0 Å². The van der Waals surface area contributed by atoms with Gasteiger partial charge in [-0.2, -0.15) is 0 Å². The molecule has 102 valence electrons. The number of hydrogen-bond acceptors (Lipinski definition) is 3. The van der Waals surface area contributed by atoms with Gasteiger partial charge in [-0.1, -0.05) is 26.0 Å². The van der Waals surface area contributed by atoms with Gasteiger partial charge in [0.05, 0.1) is 13.7 Å². The van der Waals surface area contributed by atoms with Crippen LogP contribution in [0, 0.1) is 0 Å². The molecule has 3 nitrogen and oxygen atoms in total. The molecule has 0 bridgehead atoms. The molecule has 0 fully saturated rings. The summed E-state index contributed by atoms with van der Waals surface area (Å²) in [5.74, 6) is 0.850. The van der Waals surface area contributed by atoms with Crippen molar-refractivity contribution < 1.29 is 9.84 Å². The zero-order valence-electron chi connectivity index (χ0n) is 12.2. The molecule has 3 heteroatoms. The van der Waals surface area contributed by atoms with Crippen LogP contribution in [0.15, 0.2) is 18.2 Å². The number of ether oxygens (including phenoxy) is 1. The topological polar surface area (TPSA) is 32.7 Å². The quantitative estimate of drug-likeness (QED) is 0.840. The lowest BCUT2D eigenvalue weighted by molar-refractivity contribution is 0.214. The van der Waals surface area contributed by atoms with Crippen LogP contribution in [-0.2, 0) is 11.8 Å². The number of benzene rings is 1. The average molecular weight is 251 g/mol. The minimum atomic E-state index is -0.278. The first kappa shape index (κ1) is 15.0. The molecule has 0 saturated heterocycles. The number of likely N-dealkylation sites (N-methyl/N-ethyl adjacent to an activating group) is 1. The molecule has 0 aliphatic heterocycles. The van der Waals surface area contributed by atoms with Crippen LogP contribution < -0.4 is 4.74 Å². The third-order valence-electron chi connectivity index (χ3n) is 3.24. The Balaban J connectivity index is 3.02. The first-order chi connectivity index (χ1) is 8.40. The lowest BCUT2D eigenvalue weighted by atomic mass is 9.84. The summed E-state index contributed by atoms with van der Waals surface area (Å²) in [5.41, 5.74) is 2.07. The Kier molecular flexibility index (Phi) is 5.17. The fourth-order valence-corrected chi connectivity index (χ4v) is 1.88. The summed E-state index contributed by atoms with van der Waals surface area (Å²) in [4.78, 5) is 2.17. The van der Waals surface area contributed by atoms with Gasteiger partial charge in [-0.3, -0.25) is 0 Å². The summed E-state index contributed by atoms with van der Waals surface area (Å²) < 4.78 is 5.39. The Labute approximate surface area is 110 Å². The van der Waals surface area contributed by atoms with E-state index in [1.54, 1.807) is 7.11 Å². The molecule has 0 saturated carbocycles. The summed E-state index contributed by atoms with van der Waals surface area (Å²) in [6.45, 7) is 5.19. The Bertz CT molecular complexity index is 386. The Morgan fingerprint density at radius 1 is 1.28 bits per heavy atom. The monoisotopic (exact) mass is 251 g/mol. The van der Waals surface area contributed by atoms with E-state index in [1.165, 1.54) is 5.56 Å². The average Bonchev–Trinajstić information content (AvgIpc) is 2.36. The predicted octanol–water partition coefficient (Wildman–Crippen LogP) is 2.07. The first-order valence-electron chi connectivity index (χ1n) is 6.33. The number of aliphatic hydroxyl groups is 1. The van der Waals surface area contributed by atoms with E-state index in [0.29, 0.717) is 0 Å². The first-order valence-corrected chi connectivity index (χ1v) is 6.33. The van der Waals surface area contributed by atoms with Crippen LogP contribution >= 0.6 is 0 Å². The van der Waals surface area contributed by atoms with Crippen molar-refractivity contribution in [2.75, 3.05) is 34.4 Å². The van der Waals surface area contributed by atoms with Crippen molar-refractivity contribution in [3.8, 4) is 5.75 Å². The zero-order chi connectivity index (χ0) is 13.8. The number of aliphatic hydroxyl groups excluding tert-OH is 1. The fraction of sp³-hybridized carbons (Fsp3) is 0.600. The van der Waals surface area contributed by atoms with Gasteiger partial charge in [-0.05, 0) is 32.1 Å². The third kappa shape index (κ3) is 3.72. The molecule has 0 aliphatic rings. The Morgan fingerprint density at radius 3 is 2.44 bits per heavy atom. The van der Waals surface area contributed by atoms with Gasteiger partial charge in [0.2, 0.25) is 0 Å². The molecule has 1 aromatic carbocycles. The van der Waals surface area contributed by atoms with Gasteiger partial charge in [0.15, 0.2) is 0 Å². The van der Waals surface area contributed by atoms with E-state index in [9.17, 15) is 5.11 Å². The smallest absolute Gasteiger partial charge is 0.122 e. The van der Waals surface area contributed by atoms with E-state index in [-0.39, 0.29) is 12.0 Å². The maximum Gasteiger partial charge on any atom is 0.122 e. The maximum atomic E-state index is 9.51. The molecule has 18 heavy (non-hydrogen) atoms. The van der Waals surface area contributed by atoms with Gasteiger partial charge in [-0.25, -0.2) is 0 Å². The van der Waals surface area contributed by atoms with Crippen molar-refractivity contribution in [1.29, 1.82) is 0 Å². The highest BCUT2D eigenvalue weighted by atomic mass is 16.5. The SMILES string of the molecule is COc1ccc(CCN(C)C)cc1C(C)(C)CO. The lowest BCUT2D eigenvalue weighted by Gasteiger charge is -2.25. The van der Waals surface area contributed by atoms with E-state index in [1.807, 2.05) is 19.9 Å². The zero-order valence-corrected chi connectivity index (χ0v) is 12.2.